The first-order valence-electron chi connectivity index (χ1n) is 4.27. The van der Waals surface area contributed by atoms with Crippen LogP contribution in [0.2, 0.25) is 0 Å². The predicted octanol–water partition coefficient (Wildman–Crippen LogP) is 2.84. The van der Waals surface area contributed by atoms with Crippen molar-refractivity contribution in [2.45, 2.75) is 32.1 Å². The third-order valence-corrected chi connectivity index (χ3v) is 3.64. The highest BCUT2D eigenvalue weighted by atomic mass is 32.1. The SMILES string of the molecule is COCc1nc(C(C)C)sc1CS. The van der Waals surface area contributed by atoms with Crippen LogP contribution in [0.1, 0.15) is 35.3 Å². The Balaban J connectivity index is 2.90. The Labute approximate surface area is 88.7 Å². The molecule has 0 aliphatic heterocycles. The Morgan fingerprint density at radius 2 is 2.23 bits per heavy atom. The fourth-order valence-electron chi connectivity index (χ4n) is 1.02. The number of thiazole rings is 1. The van der Waals surface area contributed by atoms with Gasteiger partial charge in [0.15, 0.2) is 0 Å². The Morgan fingerprint density at radius 3 is 2.69 bits per heavy atom. The van der Waals surface area contributed by atoms with Crippen LogP contribution in [-0.2, 0) is 17.1 Å². The number of rotatable bonds is 4. The van der Waals surface area contributed by atoms with Crippen LogP contribution in [0, 0.1) is 0 Å². The van der Waals surface area contributed by atoms with Gasteiger partial charge >= 0.3 is 0 Å². The molecule has 0 radical (unpaired) electrons. The van der Waals surface area contributed by atoms with E-state index in [2.05, 4.69) is 31.5 Å². The molecule has 1 aromatic rings. The van der Waals surface area contributed by atoms with Gasteiger partial charge in [-0.3, -0.25) is 0 Å². The monoisotopic (exact) mass is 217 g/mol. The molecule has 0 spiro atoms. The maximum absolute atomic E-state index is 5.07. The van der Waals surface area contributed by atoms with E-state index in [1.165, 1.54) is 9.88 Å². The lowest BCUT2D eigenvalue weighted by molar-refractivity contribution is 0.181. The van der Waals surface area contributed by atoms with Crippen LogP contribution in [0.15, 0.2) is 0 Å². The molecule has 0 saturated carbocycles. The van der Waals surface area contributed by atoms with Crippen molar-refractivity contribution >= 4 is 24.0 Å². The standard InChI is InChI=1S/C9H15NOS2/c1-6(2)9-10-7(4-11-3)8(5-12)13-9/h6,12H,4-5H2,1-3H3. The second kappa shape index (κ2) is 4.98. The summed E-state index contributed by atoms with van der Waals surface area (Å²) in [5.41, 5.74) is 1.05. The highest BCUT2D eigenvalue weighted by molar-refractivity contribution is 7.79. The van der Waals surface area contributed by atoms with Crippen molar-refractivity contribution in [3.8, 4) is 0 Å². The third-order valence-electron chi connectivity index (χ3n) is 1.71. The summed E-state index contributed by atoms with van der Waals surface area (Å²) in [6, 6.07) is 0. The zero-order valence-electron chi connectivity index (χ0n) is 8.20. The minimum atomic E-state index is 0.495. The lowest BCUT2D eigenvalue weighted by Crippen LogP contribution is -1.92. The van der Waals surface area contributed by atoms with Gasteiger partial charge in [-0.25, -0.2) is 4.98 Å². The molecule has 0 atom stereocenters. The second-order valence-corrected chi connectivity index (χ2v) is 4.60. The Hall–Kier alpha value is -0.0600. The summed E-state index contributed by atoms with van der Waals surface area (Å²) in [4.78, 5) is 5.75. The smallest absolute Gasteiger partial charge is 0.0957 e. The highest BCUT2D eigenvalue weighted by Gasteiger charge is 2.11. The van der Waals surface area contributed by atoms with Crippen LogP contribution in [0.5, 0.6) is 0 Å². The molecule has 4 heteroatoms. The molecule has 0 fully saturated rings. The molecule has 0 unspecified atom stereocenters. The predicted molar refractivity (Wildman–Crippen MR) is 59.6 cm³/mol. The molecule has 0 N–H and O–H groups in total. The minimum absolute atomic E-state index is 0.495. The van der Waals surface area contributed by atoms with E-state index in [-0.39, 0.29) is 0 Å². The van der Waals surface area contributed by atoms with Crippen LogP contribution >= 0.6 is 24.0 Å². The molecule has 0 aliphatic rings. The van der Waals surface area contributed by atoms with Crippen LogP contribution < -0.4 is 0 Å². The Bertz CT molecular complexity index is 271. The summed E-state index contributed by atoms with van der Waals surface area (Å²) < 4.78 is 5.07. The van der Waals surface area contributed by atoms with Crippen molar-refractivity contribution in [3.63, 3.8) is 0 Å². The van der Waals surface area contributed by atoms with Crippen molar-refractivity contribution < 1.29 is 4.74 Å². The molecule has 1 heterocycles. The molecular weight excluding hydrogens is 202 g/mol. The first-order valence-corrected chi connectivity index (χ1v) is 5.72. The van der Waals surface area contributed by atoms with Crippen molar-refractivity contribution in [3.05, 3.63) is 15.6 Å². The van der Waals surface area contributed by atoms with E-state index in [1.807, 2.05) is 0 Å². The lowest BCUT2D eigenvalue weighted by atomic mass is 10.2. The van der Waals surface area contributed by atoms with E-state index in [4.69, 9.17) is 4.74 Å². The van der Waals surface area contributed by atoms with Crippen molar-refractivity contribution in [1.29, 1.82) is 0 Å². The lowest BCUT2D eigenvalue weighted by Gasteiger charge is -1.96. The summed E-state index contributed by atoms with van der Waals surface area (Å²) in [5.74, 6) is 1.25. The zero-order chi connectivity index (χ0) is 9.84. The third kappa shape index (κ3) is 2.69. The quantitative estimate of drug-likeness (QED) is 0.783. The maximum atomic E-state index is 5.07. The number of nitrogens with zero attached hydrogens (tertiary/aromatic N) is 1. The summed E-state index contributed by atoms with van der Waals surface area (Å²) >= 11 is 6.01. The van der Waals surface area contributed by atoms with Gasteiger partial charge in [0.25, 0.3) is 0 Å². The second-order valence-electron chi connectivity index (χ2n) is 3.17. The zero-order valence-corrected chi connectivity index (χ0v) is 9.91. The van der Waals surface area contributed by atoms with E-state index in [0.29, 0.717) is 12.5 Å². The minimum Gasteiger partial charge on any atom is -0.378 e. The number of hydrogen-bond donors (Lipinski definition) is 1. The van der Waals surface area contributed by atoms with Crippen LogP contribution in [0.25, 0.3) is 0 Å². The Kier molecular flexibility index (Phi) is 4.22. The number of ether oxygens (including phenoxy) is 1. The molecule has 1 rings (SSSR count). The summed E-state index contributed by atoms with van der Waals surface area (Å²) in [7, 11) is 1.69. The van der Waals surface area contributed by atoms with Gasteiger partial charge in [0.05, 0.1) is 17.3 Å². The van der Waals surface area contributed by atoms with Gasteiger partial charge in [0.1, 0.15) is 0 Å². The summed E-state index contributed by atoms with van der Waals surface area (Å²) in [6.07, 6.45) is 0. The van der Waals surface area contributed by atoms with Gasteiger partial charge in [0, 0.05) is 23.7 Å². The molecule has 74 valence electrons. The van der Waals surface area contributed by atoms with Gasteiger partial charge in [-0.1, -0.05) is 13.8 Å². The molecule has 0 saturated heterocycles. The van der Waals surface area contributed by atoms with E-state index in [0.717, 1.165) is 11.4 Å². The summed E-state index contributed by atoms with van der Waals surface area (Å²) in [6.45, 7) is 4.90. The first-order chi connectivity index (χ1) is 6.19. The molecule has 13 heavy (non-hydrogen) atoms. The molecule has 1 aromatic heterocycles. The highest BCUT2D eigenvalue weighted by Crippen LogP contribution is 2.26. The molecule has 0 amide bonds. The van der Waals surface area contributed by atoms with Gasteiger partial charge in [-0.2, -0.15) is 12.6 Å². The average molecular weight is 217 g/mol. The molecule has 0 aliphatic carbocycles. The Morgan fingerprint density at radius 1 is 1.54 bits per heavy atom. The first kappa shape index (κ1) is 11.0. The topological polar surface area (TPSA) is 22.1 Å². The number of methoxy groups -OCH3 is 1. The van der Waals surface area contributed by atoms with Crippen molar-refractivity contribution in [1.82, 2.24) is 4.98 Å². The van der Waals surface area contributed by atoms with Crippen molar-refractivity contribution in [2.75, 3.05) is 7.11 Å². The largest absolute Gasteiger partial charge is 0.378 e. The van der Waals surface area contributed by atoms with Gasteiger partial charge < -0.3 is 4.74 Å². The molecule has 0 bridgehead atoms. The van der Waals surface area contributed by atoms with E-state index in [9.17, 15) is 0 Å². The van der Waals surface area contributed by atoms with E-state index in [1.54, 1.807) is 18.4 Å². The van der Waals surface area contributed by atoms with Crippen LogP contribution in [0.3, 0.4) is 0 Å². The fraction of sp³-hybridized carbons (Fsp3) is 0.667. The summed E-state index contributed by atoms with van der Waals surface area (Å²) in [5, 5.41) is 1.18. The fourth-order valence-corrected chi connectivity index (χ4v) is 2.33. The van der Waals surface area contributed by atoms with Gasteiger partial charge in [-0.05, 0) is 0 Å². The molecule has 2 nitrogen and oxygen atoms in total. The van der Waals surface area contributed by atoms with E-state index >= 15 is 0 Å². The van der Waals surface area contributed by atoms with E-state index < -0.39 is 0 Å². The average Bonchev–Trinajstić information content (AvgIpc) is 2.48. The number of thiol groups is 1. The van der Waals surface area contributed by atoms with Gasteiger partial charge in [-0.15, -0.1) is 11.3 Å². The normalized spacial score (nSPS) is 11.2. The molecule has 0 aromatic carbocycles. The van der Waals surface area contributed by atoms with Crippen LogP contribution in [-0.4, -0.2) is 12.1 Å². The van der Waals surface area contributed by atoms with Crippen LogP contribution in [0.4, 0.5) is 0 Å². The number of hydrogen-bond acceptors (Lipinski definition) is 4. The molecular formula is C9H15NOS2. The van der Waals surface area contributed by atoms with Crippen molar-refractivity contribution in [2.24, 2.45) is 0 Å². The maximum Gasteiger partial charge on any atom is 0.0957 e. The number of aromatic nitrogens is 1. The van der Waals surface area contributed by atoms with Gasteiger partial charge in [0.2, 0.25) is 0 Å².